The molecule has 0 aromatic rings. The molecule has 67 heavy (non-hydrogen) atoms. The van der Waals surface area contributed by atoms with Gasteiger partial charge in [-0.05, 0) is 116 Å². The van der Waals surface area contributed by atoms with E-state index in [-0.39, 0.29) is 59.2 Å². The van der Waals surface area contributed by atoms with Gasteiger partial charge < -0.3 is 29.7 Å². The molecule has 0 aliphatic carbocycles. The van der Waals surface area contributed by atoms with Crippen LogP contribution in [0.25, 0.3) is 0 Å². The largest absolute Gasteiger partial charge is 3.00 e. The monoisotopic (exact) mass is 1090 g/mol. The number of carbonyl (C=O) groups excluding carboxylic acids is 3. The van der Waals surface area contributed by atoms with E-state index in [0.717, 1.165) is 57.8 Å². The summed E-state index contributed by atoms with van der Waals surface area (Å²) in [6, 6.07) is 0. The summed E-state index contributed by atoms with van der Waals surface area (Å²) < 4.78 is 0. The molecule has 0 aliphatic rings. The molecule has 0 aromatic carbocycles. The molecule has 6 nitrogen and oxygen atoms in total. The third-order valence-corrected chi connectivity index (χ3v) is 12.4. The van der Waals surface area contributed by atoms with E-state index in [9.17, 15) is 29.7 Å². The summed E-state index contributed by atoms with van der Waals surface area (Å²) in [5.74, 6) is -2.74. The zero-order valence-corrected chi connectivity index (χ0v) is 47.0. The standard InChI is InChI=1S/3C20H38O2.Gd/c3*1-2-3-4-5-6-7-8-9-10-11-12-13-14-15-16-17-18-19-20(21)22;/h3*11-12H,2-10,13-19H2,1H3,(H,21,22);/q;;;+3/p-3/b3*12-11-;. The zero-order valence-electron chi connectivity index (χ0n) is 44.7. The second kappa shape index (κ2) is 69.2. The van der Waals surface area contributed by atoms with E-state index >= 15 is 0 Å². The van der Waals surface area contributed by atoms with Crippen molar-refractivity contribution in [1.29, 1.82) is 0 Å². The fraction of sp³-hybridized carbons (Fsp3) is 0.850. The molecule has 7 heteroatoms. The van der Waals surface area contributed by atoms with Gasteiger partial charge in [0.1, 0.15) is 0 Å². The van der Waals surface area contributed by atoms with E-state index < -0.39 is 17.9 Å². The number of carboxylic acids is 3. The van der Waals surface area contributed by atoms with Crippen LogP contribution in [0.4, 0.5) is 0 Å². The Hall–Kier alpha value is -1.05. The van der Waals surface area contributed by atoms with Gasteiger partial charge >= 0.3 is 39.9 Å². The molecule has 0 amide bonds. The maximum Gasteiger partial charge on any atom is 3.00 e. The normalized spacial score (nSPS) is 11.1. The van der Waals surface area contributed by atoms with Crippen LogP contribution in [0.1, 0.15) is 329 Å². The number of rotatable bonds is 51. The van der Waals surface area contributed by atoms with Crippen molar-refractivity contribution in [3.63, 3.8) is 0 Å². The molecular weight excluding hydrogens is 974 g/mol. The number of hydrogen-bond acceptors (Lipinski definition) is 6. The molecule has 395 valence electrons. The summed E-state index contributed by atoms with van der Waals surface area (Å²) in [6.45, 7) is 6.80. The van der Waals surface area contributed by atoms with E-state index in [2.05, 4.69) is 57.2 Å². The first-order valence-electron chi connectivity index (χ1n) is 28.9. The Kier molecular flexibility index (Phi) is 74.9. The SMILES string of the molecule is CCCCCCCCCC/C=C\CCCCCCCC(=O)[O-].CCCCCCCCCC/C=C\CCCCCCCC(=O)[O-].CCCCCCCCCC/C=C\CCCCCCCC(=O)[O-].[Gd+3]. The number of unbranched alkanes of at least 4 members (excludes halogenated alkanes) is 39. The van der Waals surface area contributed by atoms with Crippen LogP contribution >= 0.6 is 0 Å². The van der Waals surface area contributed by atoms with Gasteiger partial charge in [0.2, 0.25) is 0 Å². The third-order valence-electron chi connectivity index (χ3n) is 12.4. The van der Waals surface area contributed by atoms with Gasteiger partial charge in [-0.15, -0.1) is 0 Å². The van der Waals surface area contributed by atoms with Gasteiger partial charge in [-0.3, -0.25) is 0 Å². The van der Waals surface area contributed by atoms with E-state index in [1.807, 2.05) is 0 Å². The van der Waals surface area contributed by atoms with Crippen LogP contribution < -0.4 is 15.3 Å². The number of allylic oxidation sites excluding steroid dienone is 6. The molecule has 0 rings (SSSR count). The van der Waals surface area contributed by atoms with Gasteiger partial charge in [0.05, 0.1) is 0 Å². The first-order valence-corrected chi connectivity index (χ1v) is 28.9. The average molecular weight is 1090 g/mol. The molecule has 0 N–H and O–H groups in total. The van der Waals surface area contributed by atoms with Crippen molar-refractivity contribution in [3.05, 3.63) is 36.5 Å². The first kappa shape index (κ1) is 72.5. The Labute approximate surface area is 449 Å². The molecule has 0 bridgehead atoms. The zero-order chi connectivity index (χ0) is 48.9. The van der Waals surface area contributed by atoms with Crippen LogP contribution in [0, 0.1) is 39.9 Å². The quantitative estimate of drug-likeness (QED) is 0.0442. The van der Waals surface area contributed by atoms with Crippen molar-refractivity contribution < 1.29 is 69.6 Å². The summed E-state index contributed by atoms with van der Waals surface area (Å²) in [6.07, 6.45) is 71.5. The van der Waals surface area contributed by atoms with Crippen LogP contribution in [0.2, 0.25) is 0 Å². The van der Waals surface area contributed by atoms with Crippen LogP contribution in [-0.4, -0.2) is 17.9 Å². The molecule has 0 spiro atoms. The van der Waals surface area contributed by atoms with Crippen LogP contribution in [0.5, 0.6) is 0 Å². The third kappa shape index (κ3) is 82.2. The first-order chi connectivity index (χ1) is 32.3. The predicted molar refractivity (Wildman–Crippen MR) is 281 cm³/mol. The van der Waals surface area contributed by atoms with Gasteiger partial charge in [0.25, 0.3) is 0 Å². The van der Waals surface area contributed by atoms with Gasteiger partial charge in [0.15, 0.2) is 0 Å². The smallest absolute Gasteiger partial charge is 0.550 e. The molecule has 0 aliphatic heterocycles. The minimum Gasteiger partial charge on any atom is -0.550 e. The maximum atomic E-state index is 10.2. The molecule has 0 heterocycles. The van der Waals surface area contributed by atoms with Crippen molar-refractivity contribution in [2.45, 2.75) is 329 Å². The van der Waals surface area contributed by atoms with Crippen molar-refractivity contribution in [1.82, 2.24) is 0 Å². The average Bonchev–Trinajstić information content (AvgIpc) is 3.29. The Morgan fingerprint density at radius 2 is 0.373 bits per heavy atom. The van der Waals surface area contributed by atoms with Crippen LogP contribution in [0.3, 0.4) is 0 Å². The molecule has 0 saturated heterocycles. The Morgan fingerprint density at radius 3 is 0.522 bits per heavy atom. The summed E-state index contributed by atoms with van der Waals surface area (Å²) >= 11 is 0. The van der Waals surface area contributed by atoms with Crippen molar-refractivity contribution >= 4 is 17.9 Å². The summed E-state index contributed by atoms with van der Waals surface area (Å²) in [5.41, 5.74) is 0. The Bertz CT molecular complexity index is 911. The number of carboxylic acid groups (broad SMARTS) is 3. The molecule has 0 unspecified atom stereocenters. The second-order valence-electron chi connectivity index (χ2n) is 19.2. The summed E-state index contributed by atoms with van der Waals surface area (Å²) in [7, 11) is 0. The summed E-state index contributed by atoms with van der Waals surface area (Å²) in [5, 5.41) is 30.7. The fourth-order valence-electron chi connectivity index (χ4n) is 8.08. The molecule has 0 aromatic heterocycles. The van der Waals surface area contributed by atoms with Crippen LogP contribution in [0.15, 0.2) is 36.5 Å². The van der Waals surface area contributed by atoms with Crippen molar-refractivity contribution in [2.24, 2.45) is 0 Å². The topological polar surface area (TPSA) is 120 Å². The molecule has 0 saturated carbocycles. The molecule has 1 radical (unpaired) electrons. The molecule has 0 fully saturated rings. The summed E-state index contributed by atoms with van der Waals surface area (Å²) in [4.78, 5) is 30.7. The maximum absolute atomic E-state index is 10.2. The minimum atomic E-state index is -0.913. The second-order valence-corrected chi connectivity index (χ2v) is 19.2. The van der Waals surface area contributed by atoms with Crippen molar-refractivity contribution in [2.75, 3.05) is 0 Å². The van der Waals surface area contributed by atoms with Gasteiger partial charge in [0, 0.05) is 17.9 Å². The number of carbonyl (C=O) groups is 3. The molecular formula is C60H111GdO6. The van der Waals surface area contributed by atoms with E-state index in [1.165, 1.54) is 231 Å². The van der Waals surface area contributed by atoms with E-state index in [0.29, 0.717) is 0 Å². The number of aliphatic carboxylic acids is 3. The Morgan fingerprint density at radius 1 is 0.239 bits per heavy atom. The van der Waals surface area contributed by atoms with Crippen LogP contribution in [-0.2, 0) is 14.4 Å². The van der Waals surface area contributed by atoms with E-state index in [1.54, 1.807) is 0 Å². The van der Waals surface area contributed by atoms with Gasteiger partial charge in [-0.25, -0.2) is 0 Å². The predicted octanol–water partition coefficient (Wildman–Crippen LogP) is 16.7. The fourth-order valence-corrected chi connectivity index (χ4v) is 8.08. The van der Waals surface area contributed by atoms with E-state index in [4.69, 9.17) is 0 Å². The molecule has 0 atom stereocenters. The minimum absolute atomic E-state index is 0. The van der Waals surface area contributed by atoms with Gasteiger partial charge in [-0.2, -0.15) is 0 Å². The Balaban J connectivity index is -0.000000441. The van der Waals surface area contributed by atoms with Gasteiger partial charge in [-0.1, -0.05) is 250 Å². The van der Waals surface area contributed by atoms with Crippen molar-refractivity contribution in [3.8, 4) is 0 Å². The number of hydrogen-bond donors (Lipinski definition) is 0.